The van der Waals surface area contributed by atoms with Crippen LogP contribution in [0.25, 0.3) is 0 Å². The summed E-state index contributed by atoms with van der Waals surface area (Å²) in [5, 5.41) is 0.737. The zero-order valence-electron chi connectivity index (χ0n) is 14.6. The van der Waals surface area contributed by atoms with Crippen molar-refractivity contribution in [2.24, 2.45) is 0 Å². The highest BCUT2D eigenvalue weighted by atomic mass is 35.5. The van der Waals surface area contributed by atoms with Gasteiger partial charge in [0.1, 0.15) is 0 Å². The van der Waals surface area contributed by atoms with Gasteiger partial charge < -0.3 is 14.4 Å². The van der Waals surface area contributed by atoms with Gasteiger partial charge in [0.15, 0.2) is 11.5 Å². The van der Waals surface area contributed by atoms with Gasteiger partial charge in [0.25, 0.3) is 0 Å². The van der Waals surface area contributed by atoms with Crippen molar-refractivity contribution in [3.05, 3.63) is 58.6 Å². The monoisotopic (exact) mass is 379 g/mol. The Balaban J connectivity index is 1.87. The lowest BCUT2D eigenvalue weighted by atomic mass is 10.2. The third-order valence-corrected chi connectivity index (χ3v) is 5.07. The summed E-state index contributed by atoms with van der Waals surface area (Å²) in [6, 6.07) is 13.4. The highest BCUT2D eigenvalue weighted by Crippen LogP contribution is 2.28. The van der Waals surface area contributed by atoms with Gasteiger partial charge in [-0.05, 0) is 29.3 Å². The Hall–Kier alpha value is -1.85. The summed E-state index contributed by atoms with van der Waals surface area (Å²) in [6.07, 6.45) is 0. The average molecular weight is 380 g/mol. The summed E-state index contributed by atoms with van der Waals surface area (Å²) in [5.74, 6) is 2.54. The number of rotatable bonds is 8. The first-order valence-electron chi connectivity index (χ1n) is 7.81. The molecule has 0 radical (unpaired) electrons. The van der Waals surface area contributed by atoms with E-state index in [0.29, 0.717) is 23.8 Å². The molecule has 2 aromatic rings. The maximum absolute atomic E-state index is 12.3. The maximum atomic E-state index is 12.3. The summed E-state index contributed by atoms with van der Waals surface area (Å²) in [4.78, 5) is 14.0. The second-order valence-electron chi connectivity index (χ2n) is 5.52. The number of halogens is 1. The molecule has 0 spiro atoms. The molecule has 4 nitrogen and oxygen atoms in total. The Morgan fingerprint density at radius 2 is 1.84 bits per heavy atom. The van der Waals surface area contributed by atoms with Gasteiger partial charge in [0.2, 0.25) is 5.91 Å². The molecule has 0 aliphatic heterocycles. The number of nitrogens with zero attached hydrogens (tertiary/aromatic N) is 1. The number of carbonyl (C=O) groups excluding carboxylic acids is 1. The normalized spacial score (nSPS) is 10.4. The van der Waals surface area contributed by atoms with Crippen molar-refractivity contribution in [2.45, 2.75) is 12.3 Å². The lowest BCUT2D eigenvalue weighted by Crippen LogP contribution is -2.27. The van der Waals surface area contributed by atoms with Gasteiger partial charge in [-0.1, -0.05) is 35.9 Å². The summed E-state index contributed by atoms with van der Waals surface area (Å²) in [6.45, 7) is 0.520. The molecule has 0 unspecified atom stereocenters. The predicted molar refractivity (Wildman–Crippen MR) is 104 cm³/mol. The van der Waals surface area contributed by atoms with Crippen LogP contribution < -0.4 is 9.47 Å². The molecule has 1 amide bonds. The molecule has 25 heavy (non-hydrogen) atoms. The molecule has 0 atom stereocenters. The minimum atomic E-state index is 0.0758. The first-order chi connectivity index (χ1) is 12.0. The van der Waals surface area contributed by atoms with Gasteiger partial charge in [-0.2, -0.15) is 0 Å². The topological polar surface area (TPSA) is 38.8 Å². The fourth-order valence-electron chi connectivity index (χ4n) is 2.31. The van der Waals surface area contributed by atoms with Crippen molar-refractivity contribution in [1.82, 2.24) is 4.90 Å². The van der Waals surface area contributed by atoms with E-state index in [-0.39, 0.29) is 5.91 Å². The van der Waals surface area contributed by atoms with E-state index >= 15 is 0 Å². The van der Waals surface area contributed by atoms with Crippen LogP contribution in [0.15, 0.2) is 42.5 Å². The first-order valence-corrected chi connectivity index (χ1v) is 9.34. The number of carbonyl (C=O) groups is 1. The minimum Gasteiger partial charge on any atom is -0.493 e. The van der Waals surface area contributed by atoms with E-state index in [1.165, 1.54) is 0 Å². The van der Waals surface area contributed by atoms with Crippen molar-refractivity contribution in [3.8, 4) is 11.5 Å². The molecule has 2 aromatic carbocycles. The Morgan fingerprint density at radius 3 is 2.52 bits per heavy atom. The molecule has 0 saturated carbocycles. The summed E-state index contributed by atoms with van der Waals surface area (Å²) in [7, 11) is 5.00. The number of methoxy groups -OCH3 is 2. The predicted octanol–water partition coefficient (Wildman–Crippen LogP) is 4.25. The third kappa shape index (κ3) is 5.58. The Bertz CT molecular complexity index is 724. The number of thioether (sulfide) groups is 1. The van der Waals surface area contributed by atoms with E-state index in [2.05, 4.69) is 0 Å². The number of hydrogen-bond acceptors (Lipinski definition) is 4. The summed E-state index contributed by atoms with van der Waals surface area (Å²) < 4.78 is 10.5. The summed E-state index contributed by atoms with van der Waals surface area (Å²) in [5.41, 5.74) is 2.04. The van der Waals surface area contributed by atoms with Crippen LogP contribution in [0.4, 0.5) is 0 Å². The molecule has 0 aliphatic rings. The second-order valence-corrected chi connectivity index (χ2v) is 6.92. The fraction of sp³-hybridized carbons (Fsp3) is 0.316. The molecular formula is C19H22ClNO3S. The van der Waals surface area contributed by atoms with Crippen LogP contribution in [0.1, 0.15) is 11.1 Å². The van der Waals surface area contributed by atoms with E-state index < -0.39 is 0 Å². The third-order valence-electron chi connectivity index (χ3n) is 3.73. The standard InChI is InChI=1S/C19H22ClNO3S/c1-21(11-14-8-9-17(23-2)18(10-14)24-3)19(22)13-25-12-15-6-4-5-7-16(15)20/h4-10H,11-13H2,1-3H3. The Labute approximate surface area is 158 Å². The molecule has 134 valence electrons. The second kappa shape index (κ2) is 9.59. The number of amides is 1. The Kier molecular flexibility index (Phi) is 7.47. The first kappa shape index (κ1) is 19.5. The molecule has 2 rings (SSSR count). The molecule has 0 heterocycles. The van der Waals surface area contributed by atoms with Gasteiger partial charge >= 0.3 is 0 Å². The van der Waals surface area contributed by atoms with E-state index in [1.54, 1.807) is 37.9 Å². The van der Waals surface area contributed by atoms with E-state index in [0.717, 1.165) is 21.9 Å². The van der Waals surface area contributed by atoms with Gasteiger partial charge in [0, 0.05) is 24.4 Å². The van der Waals surface area contributed by atoms with Crippen LogP contribution in [-0.4, -0.2) is 37.8 Å². The van der Waals surface area contributed by atoms with E-state index in [4.69, 9.17) is 21.1 Å². The number of benzene rings is 2. The highest BCUT2D eigenvalue weighted by molar-refractivity contribution is 7.99. The van der Waals surface area contributed by atoms with Gasteiger partial charge in [-0.3, -0.25) is 4.79 Å². The van der Waals surface area contributed by atoms with Crippen LogP contribution in [0.5, 0.6) is 11.5 Å². The van der Waals surface area contributed by atoms with Crippen molar-refractivity contribution < 1.29 is 14.3 Å². The van der Waals surface area contributed by atoms with Crippen molar-refractivity contribution in [2.75, 3.05) is 27.0 Å². The number of hydrogen-bond donors (Lipinski definition) is 0. The van der Waals surface area contributed by atoms with Crippen LogP contribution in [0.2, 0.25) is 5.02 Å². The van der Waals surface area contributed by atoms with Crippen LogP contribution in [0.3, 0.4) is 0 Å². The smallest absolute Gasteiger partial charge is 0.232 e. The van der Waals surface area contributed by atoms with Crippen LogP contribution in [0, 0.1) is 0 Å². The molecule has 0 saturated heterocycles. The van der Waals surface area contributed by atoms with Crippen molar-refractivity contribution in [3.63, 3.8) is 0 Å². The number of ether oxygens (including phenoxy) is 2. The largest absolute Gasteiger partial charge is 0.493 e. The summed E-state index contributed by atoms with van der Waals surface area (Å²) >= 11 is 7.69. The molecule has 0 aromatic heterocycles. The zero-order valence-corrected chi connectivity index (χ0v) is 16.2. The molecule has 0 aliphatic carbocycles. The molecule has 6 heteroatoms. The molecular weight excluding hydrogens is 358 g/mol. The van der Waals surface area contributed by atoms with Gasteiger partial charge in [0.05, 0.1) is 20.0 Å². The average Bonchev–Trinajstić information content (AvgIpc) is 2.63. The quantitative estimate of drug-likeness (QED) is 0.687. The molecule has 0 fully saturated rings. The SMILES string of the molecule is COc1ccc(CN(C)C(=O)CSCc2ccccc2Cl)cc1OC. The minimum absolute atomic E-state index is 0.0758. The van der Waals surface area contributed by atoms with E-state index in [9.17, 15) is 4.79 Å². The maximum Gasteiger partial charge on any atom is 0.232 e. The van der Waals surface area contributed by atoms with Crippen molar-refractivity contribution >= 4 is 29.3 Å². The Morgan fingerprint density at radius 1 is 1.12 bits per heavy atom. The van der Waals surface area contributed by atoms with Gasteiger partial charge in [-0.15, -0.1) is 11.8 Å². The molecule has 0 N–H and O–H groups in total. The lowest BCUT2D eigenvalue weighted by Gasteiger charge is -2.18. The fourth-order valence-corrected chi connectivity index (χ4v) is 3.57. The molecule has 0 bridgehead atoms. The lowest BCUT2D eigenvalue weighted by molar-refractivity contribution is -0.127. The van der Waals surface area contributed by atoms with Crippen molar-refractivity contribution in [1.29, 1.82) is 0 Å². The van der Waals surface area contributed by atoms with Crippen LogP contribution >= 0.6 is 23.4 Å². The van der Waals surface area contributed by atoms with E-state index in [1.807, 2.05) is 42.5 Å². The zero-order chi connectivity index (χ0) is 18.2. The van der Waals surface area contributed by atoms with Gasteiger partial charge in [-0.25, -0.2) is 0 Å². The van der Waals surface area contributed by atoms with Crippen LogP contribution in [-0.2, 0) is 17.1 Å². The highest BCUT2D eigenvalue weighted by Gasteiger charge is 2.12.